The van der Waals surface area contributed by atoms with Crippen molar-refractivity contribution in [2.45, 2.75) is 20.1 Å². The van der Waals surface area contributed by atoms with Gasteiger partial charge in [-0.3, -0.25) is 20.2 Å². The Morgan fingerprint density at radius 3 is 2.35 bits per heavy atom. The Morgan fingerprint density at radius 2 is 1.77 bits per heavy atom. The number of nitrogens with zero attached hydrogens (tertiary/aromatic N) is 4. The van der Waals surface area contributed by atoms with Crippen molar-refractivity contribution >= 4 is 23.0 Å². The van der Waals surface area contributed by atoms with Crippen LogP contribution in [0, 0.1) is 26.1 Å². The number of non-ortho nitro benzene ring substituents is 1. The molecule has 134 valence electrons. The monoisotopic (exact) mass is 356 g/mol. The summed E-state index contributed by atoms with van der Waals surface area (Å²) in [4.78, 5) is 21.1. The second kappa shape index (κ2) is 6.79. The van der Waals surface area contributed by atoms with E-state index in [-0.39, 0.29) is 17.3 Å². The van der Waals surface area contributed by atoms with Crippen LogP contribution >= 0.6 is 0 Å². The van der Waals surface area contributed by atoms with Crippen LogP contribution in [0.25, 0.3) is 0 Å². The van der Waals surface area contributed by atoms with Crippen molar-refractivity contribution in [2.24, 2.45) is 11.0 Å². The highest BCUT2D eigenvalue weighted by Gasteiger charge is 2.36. The highest BCUT2D eigenvalue weighted by atomic mass is 16.6. The lowest BCUT2D eigenvalue weighted by Gasteiger charge is -2.22. The van der Waals surface area contributed by atoms with E-state index in [0.717, 1.165) is 11.6 Å². The van der Waals surface area contributed by atoms with Crippen LogP contribution in [-0.4, -0.2) is 15.7 Å². The molecule has 3 rings (SSSR count). The van der Waals surface area contributed by atoms with Gasteiger partial charge >= 0.3 is 5.69 Å². The van der Waals surface area contributed by atoms with Gasteiger partial charge in [0.1, 0.15) is 5.69 Å². The number of ether oxygens (including phenoxy) is 1. The predicted molar refractivity (Wildman–Crippen MR) is 94.8 cm³/mol. The Hall–Kier alpha value is -3.49. The third-order valence-corrected chi connectivity index (χ3v) is 3.85. The molecule has 0 saturated heterocycles. The van der Waals surface area contributed by atoms with E-state index in [2.05, 4.69) is 5.10 Å². The molecule has 2 aromatic carbocycles. The molecular weight excluding hydrogens is 340 g/mol. The van der Waals surface area contributed by atoms with E-state index >= 15 is 0 Å². The molecule has 0 N–H and O–H groups in total. The van der Waals surface area contributed by atoms with Gasteiger partial charge in [-0.2, -0.15) is 0 Å². The number of hydrogen-bond acceptors (Lipinski definition) is 7. The van der Waals surface area contributed by atoms with Crippen LogP contribution in [0.4, 0.5) is 17.1 Å². The molecule has 1 heterocycles. The fourth-order valence-corrected chi connectivity index (χ4v) is 2.57. The van der Waals surface area contributed by atoms with Gasteiger partial charge in [-0.05, 0) is 6.07 Å². The third kappa shape index (κ3) is 3.18. The third-order valence-electron chi connectivity index (χ3n) is 3.85. The largest absolute Gasteiger partial charge is 0.449 e. The maximum atomic E-state index is 11.5. The minimum Gasteiger partial charge on any atom is -0.449 e. The summed E-state index contributed by atoms with van der Waals surface area (Å²) in [6.07, 6.45) is -0.686. The van der Waals surface area contributed by atoms with Crippen molar-refractivity contribution in [3.63, 3.8) is 0 Å². The number of hydrazone groups is 1. The van der Waals surface area contributed by atoms with E-state index in [1.165, 1.54) is 17.1 Å². The van der Waals surface area contributed by atoms with Crippen LogP contribution in [-0.2, 0) is 4.74 Å². The van der Waals surface area contributed by atoms with E-state index < -0.39 is 21.8 Å². The van der Waals surface area contributed by atoms with Crippen LogP contribution in [0.1, 0.15) is 25.6 Å². The normalized spacial score (nSPS) is 16.3. The number of nitro groups is 2. The highest BCUT2D eigenvalue weighted by molar-refractivity contribution is 5.83. The van der Waals surface area contributed by atoms with Gasteiger partial charge in [-0.1, -0.05) is 44.2 Å². The second-order valence-corrected chi connectivity index (χ2v) is 6.01. The molecule has 0 aromatic heterocycles. The zero-order chi connectivity index (χ0) is 18.8. The number of rotatable bonds is 5. The molecule has 0 fully saturated rings. The molecule has 1 aliphatic heterocycles. The summed E-state index contributed by atoms with van der Waals surface area (Å²) in [6, 6.07) is 12.6. The van der Waals surface area contributed by atoms with Gasteiger partial charge in [0, 0.05) is 17.5 Å². The van der Waals surface area contributed by atoms with Gasteiger partial charge in [0.2, 0.25) is 12.1 Å². The van der Waals surface area contributed by atoms with Crippen LogP contribution in [0.15, 0.2) is 53.6 Å². The number of benzene rings is 2. The summed E-state index contributed by atoms with van der Waals surface area (Å²) in [5, 5.41) is 28.2. The van der Waals surface area contributed by atoms with E-state index in [4.69, 9.17) is 4.74 Å². The molecule has 1 aliphatic rings. The average molecular weight is 356 g/mol. The number of hydrogen-bond donors (Lipinski definition) is 0. The topological polar surface area (TPSA) is 111 Å². The summed E-state index contributed by atoms with van der Waals surface area (Å²) in [6.45, 7) is 3.79. The average Bonchev–Trinajstić information content (AvgIpc) is 3.07. The fraction of sp³-hybridized carbons (Fsp3) is 0.235. The Morgan fingerprint density at radius 1 is 1.08 bits per heavy atom. The molecule has 26 heavy (non-hydrogen) atoms. The van der Waals surface area contributed by atoms with Crippen molar-refractivity contribution in [2.75, 3.05) is 5.01 Å². The van der Waals surface area contributed by atoms with Gasteiger partial charge in [-0.15, -0.1) is 5.10 Å². The Bertz CT molecular complexity index is 882. The minimum atomic E-state index is -0.686. The molecule has 2 aromatic rings. The Balaban J connectivity index is 2.12. The molecule has 1 atom stereocenters. The molecule has 0 spiro atoms. The molecule has 0 bridgehead atoms. The molecule has 0 amide bonds. The molecule has 0 aliphatic carbocycles. The summed E-state index contributed by atoms with van der Waals surface area (Å²) >= 11 is 0. The van der Waals surface area contributed by atoms with Crippen LogP contribution in [0.2, 0.25) is 0 Å². The van der Waals surface area contributed by atoms with E-state index in [0.29, 0.717) is 5.90 Å². The Kier molecular flexibility index (Phi) is 4.53. The predicted octanol–water partition coefficient (Wildman–Crippen LogP) is 4.01. The van der Waals surface area contributed by atoms with Crippen LogP contribution in [0.3, 0.4) is 0 Å². The first-order valence-corrected chi connectivity index (χ1v) is 7.90. The SMILES string of the molecule is CC(C)C1=NN(c2ccc([N+](=O)[O-])cc2[N+](=O)[O-])C(c2ccccc2)O1. The van der Waals surface area contributed by atoms with Crippen LogP contribution in [0.5, 0.6) is 0 Å². The fourth-order valence-electron chi connectivity index (χ4n) is 2.57. The summed E-state index contributed by atoms with van der Waals surface area (Å²) < 4.78 is 5.91. The zero-order valence-corrected chi connectivity index (χ0v) is 14.1. The summed E-state index contributed by atoms with van der Waals surface area (Å²) in [7, 11) is 0. The molecule has 0 saturated carbocycles. The van der Waals surface area contributed by atoms with Gasteiger partial charge in [0.25, 0.3) is 5.69 Å². The molecular formula is C17H16N4O5. The van der Waals surface area contributed by atoms with E-state index in [1.807, 2.05) is 44.2 Å². The zero-order valence-electron chi connectivity index (χ0n) is 14.1. The lowest BCUT2D eigenvalue weighted by Crippen LogP contribution is -2.21. The molecule has 9 nitrogen and oxygen atoms in total. The molecule has 0 radical (unpaired) electrons. The highest BCUT2D eigenvalue weighted by Crippen LogP contribution is 2.40. The first-order valence-electron chi connectivity index (χ1n) is 7.90. The lowest BCUT2D eigenvalue weighted by atomic mass is 10.1. The summed E-state index contributed by atoms with van der Waals surface area (Å²) in [5.74, 6) is 0.412. The molecule has 1 unspecified atom stereocenters. The first kappa shape index (κ1) is 17.3. The van der Waals surface area contributed by atoms with Gasteiger partial charge in [0.15, 0.2) is 0 Å². The summed E-state index contributed by atoms with van der Waals surface area (Å²) in [5.41, 5.74) is 0.132. The quantitative estimate of drug-likeness (QED) is 0.591. The number of nitro benzene ring substituents is 2. The van der Waals surface area contributed by atoms with Crippen molar-refractivity contribution < 1.29 is 14.6 Å². The van der Waals surface area contributed by atoms with Gasteiger partial charge in [-0.25, -0.2) is 5.01 Å². The number of anilines is 1. The standard InChI is InChI=1S/C17H16N4O5/c1-11(2)16-18-19(17(26-16)12-6-4-3-5-7-12)14-9-8-13(20(22)23)10-15(14)21(24)25/h3-11,17H,1-2H3. The van der Waals surface area contributed by atoms with E-state index in [9.17, 15) is 20.2 Å². The van der Waals surface area contributed by atoms with Crippen molar-refractivity contribution in [1.82, 2.24) is 0 Å². The Labute approximate surface area is 148 Å². The van der Waals surface area contributed by atoms with Crippen molar-refractivity contribution in [1.29, 1.82) is 0 Å². The first-order chi connectivity index (χ1) is 12.4. The minimum absolute atomic E-state index is 0.0247. The molecule has 9 heteroatoms. The van der Waals surface area contributed by atoms with E-state index in [1.54, 1.807) is 0 Å². The van der Waals surface area contributed by atoms with Crippen LogP contribution < -0.4 is 5.01 Å². The van der Waals surface area contributed by atoms with Gasteiger partial charge in [0.05, 0.1) is 15.9 Å². The van der Waals surface area contributed by atoms with Crippen molar-refractivity contribution in [3.05, 3.63) is 74.3 Å². The van der Waals surface area contributed by atoms with Crippen molar-refractivity contribution in [3.8, 4) is 0 Å². The second-order valence-electron chi connectivity index (χ2n) is 6.01. The maximum absolute atomic E-state index is 11.5. The maximum Gasteiger partial charge on any atom is 0.301 e. The lowest BCUT2D eigenvalue weighted by molar-refractivity contribution is -0.393. The van der Waals surface area contributed by atoms with Gasteiger partial charge < -0.3 is 4.74 Å². The smallest absolute Gasteiger partial charge is 0.301 e.